The second kappa shape index (κ2) is 7.98. The minimum absolute atomic E-state index is 0.229. The van der Waals surface area contributed by atoms with Crippen molar-refractivity contribution in [2.75, 3.05) is 14.2 Å². The molecule has 128 valence electrons. The molecule has 3 rings (SSSR count). The number of aromatic nitrogens is 2. The van der Waals surface area contributed by atoms with Gasteiger partial charge in [0.25, 0.3) is 0 Å². The van der Waals surface area contributed by atoms with Gasteiger partial charge in [-0.1, -0.05) is 23.9 Å². The van der Waals surface area contributed by atoms with Gasteiger partial charge in [0.2, 0.25) is 0 Å². The van der Waals surface area contributed by atoms with Crippen LogP contribution in [0.3, 0.4) is 0 Å². The predicted octanol–water partition coefficient (Wildman–Crippen LogP) is 4.59. The first kappa shape index (κ1) is 17.2. The van der Waals surface area contributed by atoms with Crippen molar-refractivity contribution in [2.24, 2.45) is 0 Å². The molecule has 0 saturated carbocycles. The van der Waals surface area contributed by atoms with E-state index in [0.29, 0.717) is 17.3 Å². The van der Waals surface area contributed by atoms with Gasteiger partial charge in [0.1, 0.15) is 10.8 Å². The SMILES string of the molecule is COc1ccc(-c2ccc(SCc3cccc(F)c3)nn2)cc1OC. The number of nitrogens with zero attached hydrogens (tertiary/aromatic N) is 2. The van der Waals surface area contributed by atoms with Gasteiger partial charge in [-0.2, -0.15) is 0 Å². The molecular formula is C19H17FN2O2S. The largest absolute Gasteiger partial charge is 0.493 e. The first-order chi connectivity index (χ1) is 12.2. The lowest BCUT2D eigenvalue weighted by atomic mass is 10.1. The van der Waals surface area contributed by atoms with Crippen molar-refractivity contribution in [2.45, 2.75) is 10.8 Å². The molecule has 6 heteroatoms. The van der Waals surface area contributed by atoms with E-state index in [1.807, 2.05) is 36.4 Å². The van der Waals surface area contributed by atoms with Crippen LogP contribution in [0.15, 0.2) is 59.6 Å². The van der Waals surface area contributed by atoms with E-state index < -0.39 is 0 Å². The third-order valence-electron chi connectivity index (χ3n) is 3.60. The fourth-order valence-corrected chi connectivity index (χ4v) is 3.09. The molecule has 3 aromatic rings. The highest BCUT2D eigenvalue weighted by Gasteiger charge is 2.08. The molecule has 0 bridgehead atoms. The molecule has 0 aliphatic heterocycles. The summed E-state index contributed by atoms with van der Waals surface area (Å²) < 4.78 is 23.7. The molecule has 25 heavy (non-hydrogen) atoms. The molecule has 0 aliphatic carbocycles. The summed E-state index contributed by atoms with van der Waals surface area (Å²) >= 11 is 1.51. The van der Waals surface area contributed by atoms with Crippen molar-refractivity contribution >= 4 is 11.8 Å². The zero-order chi connectivity index (χ0) is 17.6. The fourth-order valence-electron chi connectivity index (χ4n) is 2.33. The van der Waals surface area contributed by atoms with E-state index in [1.54, 1.807) is 20.3 Å². The Balaban J connectivity index is 1.72. The number of ether oxygens (including phenoxy) is 2. The summed E-state index contributed by atoms with van der Waals surface area (Å²) in [6.45, 7) is 0. The van der Waals surface area contributed by atoms with Crippen molar-refractivity contribution in [3.05, 3.63) is 66.0 Å². The van der Waals surface area contributed by atoms with E-state index in [2.05, 4.69) is 10.2 Å². The maximum absolute atomic E-state index is 13.2. The quantitative estimate of drug-likeness (QED) is 0.604. The first-order valence-corrected chi connectivity index (χ1v) is 8.61. The van der Waals surface area contributed by atoms with Crippen LogP contribution in [-0.2, 0) is 5.75 Å². The molecule has 1 aromatic heterocycles. The maximum Gasteiger partial charge on any atom is 0.161 e. The van der Waals surface area contributed by atoms with Crippen LogP contribution in [0.5, 0.6) is 11.5 Å². The van der Waals surface area contributed by atoms with Gasteiger partial charge in [-0.05, 0) is 48.0 Å². The van der Waals surface area contributed by atoms with Crippen molar-refractivity contribution < 1.29 is 13.9 Å². The summed E-state index contributed by atoms with van der Waals surface area (Å²) in [7, 11) is 3.20. The average molecular weight is 356 g/mol. The van der Waals surface area contributed by atoms with Crippen LogP contribution in [0.1, 0.15) is 5.56 Å². The Morgan fingerprint density at radius 1 is 0.920 bits per heavy atom. The van der Waals surface area contributed by atoms with Crippen LogP contribution in [0.2, 0.25) is 0 Å². The second-order valence-corrected chi connectivity index (χ2v) is 6.24. The van der Waals surface area contributed by atoms with Gasteiger partial charge in [-0.3, -0.25) is 0 Å². The Morgan fingerprint density at radius 2 is 1.76 bits per heavy atom. The van der Waals surface area contributed by atoms with Crippen molar-refractivity contribution in [3.8, 4) is 22.8 Å². The summed E-state index contributed by atoms with van der Waals surface area (Å²) in [6, 6.07) is 16.0. The highest BCUT2D eigenvalue weighted by Crippen LogP contribution is 2.31. The first-order valence-electron chi connectivity index (χ1n) is 7.63. The van der Waals surface area contributed by atoms with Gasteiger partial charge < -0.3 is 9.47 Å². The Morgan fingerprint density at radius 3 is 2.44 bits per heavy atom. The highest BCUT2D eigenvalue weighted by atomic mass is 32.2. The van der Waals surface area contributed by atoms with E-state index in [4.69, 9.17) is 9.47 Å². The van der Waals surface area contributed by atoms with Crippen molar-refractivity contribution in [1.29, 1.82) is 0 Å². The van der Waals surface area contributed by atoms with E-state index in [0.717, 1.165) is 21.8 Å². The zero-order valence-corrected chi connectivity index (χ0v) is 14.7. The molecule has 0 fully saturated rings. The molecule has 4 nitrogen and oxygen atoms in total. The molecule has 0 radical (unpaired) electrons. The third-order valence-corrected chi connectivity index (χ3v) is 4.59. The summed E-state index contributed by atoms with van der Waals surface area (Å²) in [5.74, 6) is 1.73. The lowest BCUT2D eigenvalue weighted by Crippen LogP contribution is -1.93. The number of rotatable bonds is 6. The summed E-state index contributed by atoms with van der Waals surface area (Å²) in [6.07, 6.45) is 0. The number of methoxy groups -OCH3 is 2. The van der Waals surface area contributed by atoms with Crippen LogP contribution in [0.25, 0.3) is 11.3 Å². The maximum atomic E-state index is 13.2. The monoisotopic (exact) mass is 356 g/mol. The molecule has 0 aliphatic rings. The lowest BCUT2D eigenvalue weighted by Gasteiger charge is -2.09. The predicted molar refractivity (Wildman–Crippen MR) is 96.5 cm³/mol. The molecule has 0 unspecified atom stereocenters. The molecule has 0 N–H and O–H groups in total. The minimum atomic E-state index is -0.229. The fraction of sp³-hybridized carbons (Fsp3) is 0.158. The Bertz CT molecular complexity index is 856. The van der Waals surface area contributed by atoms with Gasteiger partial charge in [-0.15, -0.1) is 10.2 Å². The van der Waals surface area contributed by atoms with Gasteiger partial charge >= 0.3 is 0 Å². The van der Waals surface area contributed by atoms with Crippen LogP contribution >= 0.6 is 11.8 Å². The third kappa shape index (κ3) is 4.28. The van der Waals surface area contributed by atoms with Gasteiger partial charge in [0.05, 0.1) is 19.9 Å². The van der Waals surface area contributed by atoms with E-state index in [9.17, 15) is 4.39 Å². The topological polar surface area (TPSA) is 44.2 Å². The van der Waals surface area contributed by atoms with Gasteiger partial charge in [0.15, 0.2) is 11.5 Å². The van der Waals surface area contributed by atoms with Gasteiger partial charge in [0, 0.05) is 11.3 Å². The number of hydrogen-bond acceptors (Lipinski definition) is 5. The number of hydrogen-bond donors (Lipinski definition) is 0. The van der Waals surface area contributed by atoms with Crippen LogP contribution in [0.4, 0.5) is 4.39 Å². The number of halogens is 1. The lowest BCUT2D eigenvalue weighted by molar-refractivity contribution is 0.355. The van der Waals surface area contributed by atoms with Crippen molar-refractivity contribution in [1.82, 2.24) is 10.2 Å². The van der Waals surface area contributed by atoms with E-state index in [-0.39, 0.29) is 5.82 Å². The van der Waals surface area contributed by atoms with Gasteiger partial charge in [-0.25, -0.2) is 4.39 Å². The molecule has 0 atom stereocenters. The second-order valence-electron chi connectivity index (χ2n) is 5.25. The summed E-state index contributed by atoms with van der Waals surface area (Å²) in [5, 5.41) is 9.29. The Hall–Kier alpha value is -2.60. The van der Waals surface area contributed by atoms with Crippen LogP contribution in [-0.4, -0.2) is 24.4 Å². The van der Waals surface area contributed by atoms with E-state index in [1.165, 1.54) is 23.9 Å². The summed E-state index contributed by atoms with van der Waals surface area (Å²) in [4.78, 5) is 0. The molecule has 0 saturated heterocycles. The Kier molecular flexibility index (Phi) is 5.50. The van der Waals surface area contributed by atoms with Crippen LogP contribution < -0.4 is 9.47 Å². The average Bonchev–Trinajstić information content (AvgIpc) is 2.66. The smallest absolute Gasteiger partial charge is 0.161 e. The molecule has 1 heterocycles. The molecule has 0 amide bonds. The number of thioether (sulfide) groups is 1. The van der Waals surface area contributed by atoms with Crippen LogP contribution in [0, 0.1) is 5.82 Å². The standard InChI is InChI=1S/C19H17FN2O2S/c1-23-17-8-6-14(11-18(17)24-2)16-7-9-19(22-21-16)25-12-13-4-3-5-15(20)10-13/h3-11H,12H2,1-2H3. The zero-order valence-electron chi connectivity index (χ0n) is 13.9. The normalized spacial score (nSPS) is 10.5. The highest BCUT2D eigenvalue weighted by molar-refractivity contribution is 7.98. The van der Waals surface area contributed by atoms with E-state index >= 15 is 0 Å². The Labute approximate surface area is 150 Å². The number of benzene rings is 2. The summed E-state index contributed by atoms with van der Waals surface area (Å²) in [5.41, 5.74) is 2.55. The van der Waals surface area contributed by atoms with Crippen molar-refractivity contribution in [3.63, 3.8) is 0 Å². The molecule has 2 aromatic carbocycles. The molecular weight excluding hydrogens is 339 g/mol. The molecule has 0 spiro atoms. The minimum Gasteiger partial charge on any atom is -0.493 e.